The Balaban J connectivity index is 1.39. The second-order valence-electron chi connectivity index (χ2n) is 9.93. The lowest BCUT2D eigenvalue weighted by Crippen LogP contribution is -2.55. The zero-order chi connectivity index (χ0) is 28.2. The number of anilines is 1. The summed E-state index contributed by atoms with van der Waals surface area (Å²) in [4.78, 5) is 25.3. The fraction of sp³-hybridized carbons (Fsp3) is 0.310. The standard InChI is InChI=1S/C29H32N4O5S/c1-20(2)18-27(29(35)36)31-39(37,38)33-16-14-32(15-17-33)24-12-9-21(10-13-24)6-7-22-8-11-23-4-3-5-25(28(30)34)26(23)19-22/h3-5,8-13,19-20,27,31H,14-18H2,1-2H3,(H2,30,34)(H,35,36)/t27-/m0/s1. The van der Waals surface area contributed by atoms with Crippen molar-refractivity contribution in [2.75, 3.05) is 31.1 Å². The van der Waals surface area contributed by atoms with Crippen LogP contribution in [0.25, 0.3) is 10.8 Å². The van der Waals surface area contributed by atoms with E-state index in [9.17, 15) is 23.1 Å². The van der Waals surface area contributed by atoms with Crippen molar-refractivity contribution in [1.82, 2.24) is 9.03 Å². The van der Waals surface area contributed by atoms with Gasteiger partial charge in [-0.2, -0.15) is 17.4 Å². The maximum atomic E-state index is 12.8. The Kier molecular flexibility index (Phi) is 8.55. The van der Waals surface area contributed by atoms with Crippen molar-refractivity contribution in [2.24, 2.45) is 11.7 Å². The highest BCUT2D eigenvalue weighted by Crippen LogP contribution is 2.21. The van der Waals surface area contributed by atoms with Gasteiger partial charge in [-0.25, -0.2) is 0 Å². The zero-order valence-corrected chi connectivity index (χ0v) is 22.7. The molecular weight excluding hydrogens is 516 g/mol. The quantitative estimate of drug-likeness (QED) is 0.371. The van der Waals surface area contributed by atoms with Crippen LogP contribution in [-0.2, 0) is 15.0 Å². The molecule has 3 aromatic rings. The summed E-state index contributed by atoms with van der Waals surface area (Å²) in [5, 5.41) is 11.1. The van der Waals surface area contributed by atoms with Gasteiger partial charge in [0.25, 0.3) is 10.2 Å². The molecule has 1 aliphatic heterocycles. The Bertz CT molecular complexity index is 1530. The van der Waals surface area contributed by atoms with Crippen LogP contribution in [0.5, 0.6) is 0 Å². The molecule has 1 amide bonds. The normalized spacial score (nSPS) is 15.1. The lowest BCUT2D eigenvalue weighted by molar-refractivity contribution is -0.139. The highest BCUT2D eigenvalue weighted by atomic mass is 32.2. The molecule has 1 aliphatic rings. The summed E-state index contributed by atoms with van der Waals surface area (Å²) in [6.07, 6.45) is 0.221. The fourth-order valence-electron chi connectivity index (χ4n) is 4.58. The lowest BCUT2D eigenvalue weighted by Gasteiger charge is -2.35. The average molecular weight is 549 g/mol. The number of fused-ring (bicyclic) bond motifs is 1. The van der Waals surface area contributed by atoms with Crippen LogP contribution >= 0.6 is 0 Å². The predicted molar refractivity (Wildman–Crippen MR) is 152 cm³/mol. The van der Waals surface area contributed by atoms with E-state index in [4.69, 9.17) is 5.73 Å². The van der Waals surface area contributed by atoms with Crippen LogP contribution in [0.3, 0.4) is 0 Å². The summed E-state index contributed by atoms with van der Waals surface area (Å²) >= 11 is 0. The maximum absolute atomic E-state index is 12.8. The Labute approximate surface area is 228 Å². The minimum absolute atomic E-state index is 0.0422. The van der Waals surface area contributed by atoms with Gasteiger partial charge >= 0.3 is 5.97 Å². The first-order valence-electron chi connectivity index (χ1n) is 12.7. The monoisotopic (exact) mass is 548 g/mol. The number of piperazine rings is 1. The van der Waals surface area contributed by atoms with Gasteiger partial charge in [-0.15, -0.1) is 0 Å². The molecule has 1 heterocycles. The second kappa shape index (κ2) is 11.9. The summed E-state index contributed by atoms with van der Waals surface area (Å²) < 4.78 is 29.2. The number of hydrogen-bond acceptors (Lipinski definition) is 5. The van der Waals surface area contributed by atoms with Crippen LogP contribution in [0, 0.1) is 17.8 Å². The van der Waals surface area contributed by atoms with E-state index in [1.165, 1.54) is 4.31 Å². The first-order chi connectivity index (χ1) is 18.5. The maximum Gasteiger partial charge on any atom is 0.321 e. The summed E-state index contributed by atoms with van der Waals surface area (Å²) in [6, 6.07) is 17.7. The van der Waals surface area contributed by atoms with E-state index in [-0.39, 0.29) is 25.4 Å². The number of carboxylic acids is 1. The molecule has 4 rings (SSSR count). The molecule has 1 saturated heterocycles. The first-order valence-corrected chi connectivity index (χ1v) is 14.2. The summed E-state index contributed by atoms with van der Waals surface area (Å²) in [5.41, 5.74) is 8.50. The predicted octanol–water partition coefficient (Wildman–Crippen LogP) is 2.79. The number of nitrogens with one attached hydrogen (secondary N) is 1. The fourth-order valence-corrected chi connectivity index (χ4v) is 5.93. The molecule has 0 aliphatic carbocycles. The van der Waals surface area contributed by atoms with Gasteiger partial charge in [-0.3, -0.25) is 9.59 Å². The number of benzene rings is 3. The number of carboxylic acid groups (broad SMARTS) is 1. The number of amides is 1. The average Bonchev–Trinajstić information content (AvgIpc) is 2.91. The van der Waals surface area contributed by atoms with Crippen molar-refractivity contribution in [3.63, 3.8) is 0 Å². The largest absolute Gasteiger partial charge is 0.480 e. The van der Waals surface area contributed by atoms with E-state index in [0.29, 0.717) is 18.7 Å². The third kappa shape index (κ3) is 6.95. The van der Waals surface area contributed by atoms with Gasteiger partial charge in [0.15, 0.2) is 0 Å². The first kappa shape index (κ1) is 28.1. The Morgan fingerprint density at radius 2 is 1.62 bits per heavy atom. The molecule has 0 unspecified atom stereocenters. The smallest absolute Gasteiger partial charge is 0.321 e. The van der Waals surface area contributed by atoms with E-state index in [1.807, 2.05) is 62.4 Å². The SMILES string of the molecule is CC(C)C[C@H](NS(=O)(=O)N1CCN(c2ccc(C#Cc3ccc4cccc(C(N)=O)c4c3)cc2)CC1)C(=O)O. The molecule has 39 heavy (non-hydrogen) atoms. The van der Waals surface area contributed by atoms with E-state index in [0.717, 1.165) is 27.6 Å². The van der Waals surface area contributed by atoms with Gasteiger partial charge in [0.1, 0.15) is 6.04 Å². The van der Waals surface area contributed by atoms with Crippen molar-refractivity contribution >= 4 is 38.5 Å². The van der Waals surface area contributed by atoms with Crippen LogP contribution in [0.2, 0.25) is 0 Å². The van der Waals surface area contributed by atoms with Crippen LogP contribution in [0.4, 0.5) is 5.69 Å². The topological polar surface area (TPSA) is 133 Å². The van der Waals surface area contributed by atoms with Crippen LogP contribution in [0.15, 0.2) is 60.7 Å². The van der Waals surface area contributed by atoms with E-state index in [2.05, 4.69) is 21.5 Å². The van der Waals surface area contributed by atoms with E-state index < -0.39 is 28.1 Å². The number of primary amides is 1. The van der Waals surface area contributed by atoms with Gasteiger partial charge in [0.2, 0.25) is 5.91 Å². The summed E-state index contributed by atoms with van der Waals surface area (Å²) in [7, 11) is -3.91. The molecule has 0 spiro atoms. The van der Waals surface area contributed by atoms with Gasteiger partial charge in [-0.1, -0.05) is 43.9 Å². The van der Waals surface area contributed by atoms with Crippen LogP contribution in [0.1, 0.15) is 41.8 Å². The molecule has 1 atom stereocenters. The molecular formula is C29H32N4O5S. The van der Waals surface area contributed by atoms with Crippen molar-refractivity contribution in [3.05, 3.63) is 77.4 Å². The van der Waals surface area contributed by atoms with Crippen LogP contribution < -0.4 is 15.4 Å². The molecule has 1 fully saturated rings. The highest BCUT2D eigenvalue weighted by Gasteiger charge is 2.31. The number of rotatable bonds is 8. The van der Waals surface area contributed by atoms with Crippen molar-refractivity contribution in [1.29, 1.82) is 0 Å². The minimum atomic E-state index is -3.91. The third-order valence-electron chi connectivity index (χ3n) is 6.61. The Morgan fingerprint density at radius 3 is 2.23 bits per heavy atom. The van der Waals surface area contributed by atoms with Gasteiger partial charge in [0, 0.05) is 48.6 Å². The second-order valence-corrected chi connectivity index (χ2v) is 11.6. The minimum Gasteiger partial charge on any atom is -0.480 e. The molecule has 4 N–H and O–H groups in total. The van der Waals surface area contributed by atoms with Crippen molar-refractivity contribution in [2.45, 2.75) is 26.3 Å². The molecule has 0 bridgehead atoms. The van der Waals surface area contributed by atoms with Crippen molar-refractivity contribution in [3.8, 4) is 11.8 Å². The Morgan fingerprint density at radius 1 is 0.974 bits per heavy atom. The van der Waals surface area contributed by atoms with Crippen molar-refractivity contribution < 1.29 is 23.1 Å². The van der Waals surface area contributed by atoms with Gasteiger partial charge < -0.3 is 15.7 Å². The number of aliphatic carboxylic acids is 1. The number of hydrogen-bond donors (Lipinski definition) is 3. The number of nitrogens with two attached hydrogens (primary N) is 1. The van der Waals surface area contributed by atoms with Crippen LogP contribution in [-0.4, -0.2) is 61.9 Å². The summed E-state index contributed by atoms with van der Waals surface area (Å²) in [5.74, 6) is 4.67. The lowest BCUT2D eigenvalue weighted by atomic mass is 10.0. The number of carbonyl (C=O) groups excluding carboxylic acids is 1. The van der Waals surface area contributed by atoms with Gasteiger partial charge in [-0.05, 0) is 65.6 Å². The van der Waals surface area contributed by atoms with Gasteiger partial charge in [0.05, 0.1) is 0 Å². The number of carbonyl (C=O) groups is 2. The zero-order valence-electron chi connectivity index (χ0n) is 21.9. The molecule has 0 saturated carbocycles. The van der Waals surface area contributed by atoms with E-state index in [1.54, 1.807) is 12.1 Å². The Hall–Kier alpha value is -3.91. The molecule has 10 heteroatoms. The number of nitrogens with zero attached hydrogens (tertiary/aromatic N) is 2. The molecule has 0 aromatic heterocycles. The summed E-state index contributed by atoms with van der Waals surface area (Å²) in [6.45, 7) is 5.16. The molecule has 204 valence electrons. The molecule has 0 radical (unpaired) electrons. The van der Waals surface area contributed by atoms with E-state index >= 15 is 0 Å². The molecule has 3 aromatic carbocycles. The third-order valence-corrected chi connectivity index (χ3v) is 8.23. The highest BCUT2D eigenvalue weighted by molar-refractivity contribution is 7.87. The molecule has 9 nitrogen and oxygen atoms in total.